The highest BCUT2D eigenvalue weighted by Crippen LogP contribution is 2.32. The van der Waals surface area contributed by atoms with E-state index >= 15 is 0 Å². The van der Waals surface area contributed by atoms with E-state index < -0.39 is 0 Å². The van der Waals surface area contributed by atoms with Crippen LogP contribution >= 0.6 is 11.3 Å². The molecular weight excluding hydrogens is 366 g/mol. The van der Waals surface area contributed by atoms with Crippen LogP contribution in [0.25, 0.3) is 0 Å². The lowest BCUT2D eigenvalue weighted by molar-refractivity contribution is 0.102. The molecule has 140 valence electrons. The fourth-order valence-electron chi connectivity index (χ4n) is 2.32. The molecule has 0 radical (unpaired) electrons. The van der Waals surface area contributed by atoms with Gasteiger partial charge >= 0.3 is 0 Å². The molecule has 0 aliphatic heterocycles. The number of thiazole rings is 1. The van der Waals surface area contributed by atoms with Crippen molar-refractivity contribution in [1.29, 1.82) is 0 Å². The summed E-state index contributed by atoms with van der Waals surface area (Å²) in [4.78, 5) is 16.7. The average molecular weight is 385 g/mol. The van der Waals surface area contributed by atoms with Crippen molar-refractivity contribution >= 4 is 33.8 Å². The molecule has 2 N–H and O–H groups in total. The monoisotopic (exact) mass is 385 g/mol. The number of anilines is 3. The Kier molecular flexibility index (Phi) is 5.77. The third kappa shape index (κ3) is 4.48. The number of benzene rings is 2. The van der Waals surface area contributed by atoms with E-state index in [4.69, 9.17) is 14.2 Å². The Labute approximate surface area is 160 Å². The molecule has 7 nitrogen and oxygen atoms in total. The lowest BCUT2D eigenvalue weighted by atomic mass is 10.2. The molecule has 0 unspecified atom stereocenters. The summed E-state index contributed by atoms with van der Waals surface area (Å²) in [5.74, 6) is 1.75. The van der Waals surface area contributed by atoms with Crippen LogP contribution in [0.5, 0.6) is 17.2 Å². The SMILES string of the molecule is COc1ccc(NC(=O)c2csc(Nc3ccc(OC)cc3OC)n2)cc1. The van der Waals surface area contributed by atoms with E-state index in [-0.39, 0.29) is 5.91 Å². The van der Waals surface area contributed by atoms with Crippen molar-refractivity contribution in [2.45, 2.75) is 0 Å². The Morgan fingerprint density at radius 1 is 0.963 bits per heavy atom. The first kappa shape index (κ1) is 18.5. The van der Waals surface area contributed by atoms with E-state index in [0.717, 1.165) is 11.4 Å². The molecule has 2 aromatic carbocycles. The zero-order valence-corrected chi connectivity index (χ0v) is 15.9. The van der Waals surface area contributed by atoms with E-state index in [9.17, 15) is 4.79 Å². The molecule has 0 saturated heterocycles. The highest BCUT2D eigenvalue weighted by atomic mass is 32.1. The molecule has 1 aromatic heterocycles. The summed E-state index contributed by atoms with van der Waals surface area (Å²) in [5.41, 5.74) is 1.72. The summed E-state index contributed by atoms with van der Waals surface area (Å²) in [7, 11) is 4.77. The van der Waals surface area contributed by atoms with E-state index in [1.165, 1.54) is 11.3 Å². The zero-order chi connectivity index (χ0) is 19.2. The minimum Gasteiger partial charge on any atom is -0.497 e. The van der Waals surface area contributed by atoms with E-state index in [2.05, 4.69) is 15.6 Å². The highest BCUT2D eigenvalue weighted by molar-refractivity contribution is 7.14. The van der Waals surface area contributed by atoms with Crippen LogP contribution in [-0.2, 0) is 0 Å². The van der Waals surface area contributed by atoms with Crippen molar-refractivity contribution in [2.24, 2.45) is 0 Å². The third-order valence-corrected chi connectivity index (χ3v) is 4.49. The summed E-state index contributed by atoms with van der Waals surface area (Å²) >= 11 is 1.33. The molecule has 3 aromatic rings. The second-order valence-corrected chi connectivity index (χ2v) is 6.27. The highest BCUT2D eigenvalue weighted by Gasteiger charge is 2.13. The topological polar surface area (TPSA) is 81.7 Å². The summed E-state index contributed by atoms with van der Waals surface area (Å²) in [5, 5.41) is 8.24. The van der Waals surface area contributed by atoms with Gasteiger partial charge in [-0.1, -0.05) is 0 Å². The van der Waals surface area contributed by atoms with Crippen LogP contribution < -0.4 is 24.8 Å². The molecule has 0 aliphatic rings. The lowest BCUT2D eigenvalue weighted by Gasteiger charge is -2.10. The maximum Gasteiger partial charge on any atom is 0.275 e. The van der Waals surface area contributed by atoms with Gasteiger partial charge < -0.3 is 24.8 Å². The number of carbonyl (C=O) groups is 1. The molecule has 0 aliphatic carbocycles. The maximum atomic E-state index is 12.4. The van der Waals surface area contributed by atoms with Gasteiger partial charge in [-0.15, -0.1) is 11.3 Å². The Hall–Kier alpha value is -3.26. The summed E-state index contributed by atoms with van der Waals surface area (Å²) in [6.07, 6.45) is 0. The number of methoxy groups -OCH3 is 3. The van der Waals surface area contributed by atoms with Crippen molar-refractivity contribution < 1.29 is 19.0 Å². The van der Waals surface area contributed by atoms with Crippen molar-refractivity contribution in [3.8, 4) is 17.2 Å². The Morgan fingerprint density at radius 2 is 1.67 bits per heavy atom. The summed E-state index contributed by atoms with van der Waals surface area (Å²) in [6, 6.07) is 12.5. The van der Waals surface area contributed by atoms with Gasteiger partial charge in [-0.3, -0.25) is 4.79 Å². The van der Waals surface area contributed by atoms with Crippen LogP contribution in [0.15, 0.2) is 47.8 Å². The number of rotatable bonds is 7. The maximum absolute atomic E-state index is 12.4. The van der Waals surface area contributed by atoms with Gasteiger partial charge in [0.1, 0.15) is 22.9 Å². The number of nitrogens with zero attached hydrogens (tertiary/aromatic N) is 1. The van der Waals surface area contributed by atoms with Crippen molar-refractivity contribution in [3.63, 3.8) is 0 Å². The van der Waals surface area contributed by atoms with E-state index in [1.807, 2.05) is 12.1 Å². The number of carbonyl (C=O) groups excluding carboxylic acids is 1. The Bertz CT molecular complexity index is 925. The molecule has 1 heterocycles. The first-order valence-electron chi connectivity index (χ1n) is 8.03. The number of aromatic nitrogens is 1. The molecule has 1 amide bonds. The van der Waals surface area contributed by atoms with Gasteiger partial charge in [0, 0.05) is 17.1 Å². The molecule has 27 heavy (non-hydrogen) atoms. The fourth-order valence-corrected chi connectivity index (χ4v) is 3.02. The van der Waals surface area contributed by atoms with E-state index in [0.29, 0.717) is 28.0 Å². The van der Waals surface area contributed by atoms with Crippen LogP contribution in [0.3, 0.4) is 0 Å². The van der Waals surface area contributed by atoms with Gasteiger partial charge in [0.25, 0.3) is 5.91 Å². The van der Waals surface area contributed by atoms with Crippen LogP contribution in [-0.4, -0.2) is 32.2 Å². The molecule has 0 bridgehead atoms. The zero-order valence-electron chi connectivity index (χ0n) is 15.1. The van der Waals surface area contributed by atoms with Crippen molar-refractivity contribution in [1.82, 2.24) is 4.98 Å². The van der Waals surface area contributed by atoms with Crippen LogP contribution in [0.4, 0.5) is 16.5 Å². The number of ether oxygens (including phenoxy) is 3. The predicted molar refractivity (Wildman–Crippen MR) is 106 cm³/mol. The fraction of sp³-hybridized carbons (Fsp3) is 0.158. The van der Waals surface area contributed by atoms with Gasteiger partial charge in [-0.25, -0.2) is 4.98 Å². The van der Waals surface area contributed by atoms with Gasteiger partial charge in [-0.05, 0) is 36.4 Å². The molecular formula is C19H19N3O4S. The van der Waals surface area contributed by atoms with Gasteiger partial charge in [-0.2, -0.15) is 0 Å². The van der Waals surface area contributed by atoms with Crippen molar-refractivity contribution in [2.75, 3.05) is 32.0 Å². The normalized spacial score (nSPS) is 10.2. The Balaban J connectivity index is 1.69. The standard InChI is InChI=1S/C19H19N3O4S/c1-24-13-6-4-12(5-7-13)20-18(23)16-11-27-19(22-16)21-15-9-8-14(25-2)10-17(15)26-3/h4-11H,1-3H3,(H,20,23)(H,21,22). The second kappa shape index (κ2) is 8.41. The van der Waals surface area contributed by atoms with Crippen molar-refractivity contribution in [3.05, 3.63) is 53.5 Å². The molecule has 8 heteroatoms. The smallest absolute Gasteiger partial charge is 0.275 e. The first-order valence-corrected chi connectivity index (χ1v) is 8.91. The number of hydrogen-bond acceptors (Lipinski definition) is 7. The molecule has 0 fully saturated rings. The number of nitrogens with one attached hydrogen (secondary N) is 2. The molecule has 3 rings (SSSR count). The van der Waals surface area contributed by atoms with Crippen LogP contribution in [0, 0.1) is 0 Å². The van der Waals surface area contributed by atoms with Crippen LogP contribution in [0.2, 0.25) is 0 Å². The van der Waals surface area contributed by atoms with Crippen LogP contribution in [0.1, 0.15) is 10.5 Å². The number of hydrogen-bond donors (Lipinski definition) is 2. The molecule has 0 spiro atoms. The minimum absolute atomic E-state index is 0.286. The van der Waals surface area contributed by atoms with Gasteiger partial charge in [0.15, 0.2) is 5.13 Å². The second-order valence-electron chi connectivity index (χ2n) is 5.41. The predicted octanol–water partition coefficient (Wildman–Crippen LogP) is 4.16. The largest absolute Gasteiger partial charge is 0.497 e. The van der Waals surface area contributed by atoms with E-state index in [1.54, 1.807) is 57.0 Å². The molecule has 0 atom stereocenters. The number of amides is 1. The van der Waals surface area contributed by atoms with Gasteiger partial charge in [0.2, 0.25) is 0 Å². The van der Waals surface area contributed by atoms with Gasteiger partial charge in [0.05, 0.1) is 27.0 Å². The quantitative estimate of drug-likeness (QED) is 0.635. The third-order valence-electron chi connectivity index (χ3n) is 3.74. The average Bonchev–Trinajstić information content (AvgIpc) is 3.17. The lowest BCUT2D eigenvalue weighted by Crippen LogP contribution is -2.12. The summed E-state index contributed by atoms with van der Waals surface area (Å²) < 4.78 is 15.6. The molecule has 0 saturated carbocycles. The summed E-state index contributed by atoms with van der Waals surface area (Å²) in [6.45, 7) is 0. The minimum atomic E-state index is -0.286. The first-order chi connectivity index (χ1) is 13.1. The Morgan fingerprint density at radius 3 is 2.33 bits per heavy atom.